The van der Waals surface area contributed by atoms with E-state index in [1.165, 1.54) is 17.3 Å². The van der Waals surface area contributed by atoms with Crippen molar-refractivity contribution in [2.24, 2.45) is 0 Å². The van der Waals surface area contributed by atoms with Gasteiger partial charge in [0.15, 0.2) is 0 Å². The maximum Gasteiger partial charge on any atom is 0.242 e. The molecule has 8 heteroatoms. The highest BCUT2D eigenvalue weighted by molar-refractivity contribution is 5.77. The van der Waals surface area contributed by atoms with Gasteiger partial charge in [-0.05, 0) is 19.4 Å². The van der Waals surface area contributed by atoms with E-state index >= 15 is 0 Å². The van der Waals surface area contributed by atoms with Crippen molar-refractivity contribution in [2.45, 2.75) is 50.8 Å². The number of nitrogens with one attached hydrogen (secondary N) is 1. The summed E-state index contributed by atoms with van der Waals surface area (Å²) in [7, 11) is 0. The minimum atomic E-state index is -0.445. The Balaban J connectivity index is 1.55. The van der Waals surface area contributed by atoms with E-state index in [-0.39, 0.29) is 24.4 Å². The van der Waals surface area contributed by atoms with Crippen molar-refractivity contribution in [2.75, 3.05) is 13.1 Å². The van der Waals surface area contributed by atoms with Crippen LogP contribution in [0.2, 0.25) is 0 Å². The number of benzene rings is 1. The Labute approximate surface area is 163 Å². The summed E-state index contributed by atoms with van der Waals surface area (Å²) in [5, 5.41) is 7.13. The molecule has 0 bridgehead atoms. The molecule has 1 aromatic carbocycles. The zero-order valence-electron chi connectivity index (χ0n) is 16.0. The van der Waals surface area contributed by atoms with Gasteiger partial charge in [0.25, 0.3) is 0 Å². The maximum absolute atomic E-state index is 12.6. The number of ether oxygens (including phenoxy) is 1. The Bertz CT molecular complexity index is 853. The van der Waals surface area contributed by atoms with Crippen LogP contribution in [0.15, 0.2) is 36.9 Å². The molecule has 2 atom stereocenters. The van der Waals surface area contributed by atoms with Crippen LogP contribution in [0.4, 0.5) is 0 Å². The van der Waals surface area contributed by atoms with Crippen LogP contribution in [0.25, 0.3) is 0 Å². The number of likely N-dealkylation sites (tertiary alicyclic amines) is 1. The smallest absolute Gasteiger partial charge is 0.242 e. The molecule has 8 nitrogen and oxygen atoms in total. The van der Waals surface area contributed by atoms with Crippen molar-refractivity contribution in [1.82, 2.24) is 25.0 Å². The number of hydrogen-bond donors (Lipinski definition) is 1. The Morgan fingerprint density at radius 1 is 1.36 bits per heavy atom. The number of amides is 2. The number of aromatic nitrogens is 3. The Kier molecular flexibility index (Phi) is 5.02. The van der Waals surface area contributed by atoms with Crippen LogP contribution in [-0.4, -0.2) is 50.2 Å². The predicted octanol–water partition coefficient (Wildman–Crippen LogP) is 1.69. The lowest BCUT2D eigenvalue weighted by molar-refractivity contribution is -0.130. The average molecular weight is 383 g/mol. The van der Waals surface area contributed by atoms with Crippen LogP contribution < -0.4 is 10.1 Å². The summed E-state index contributed by atoms with van der Waals surface area (Å²) in [5.41, 5.74) is 0.530. The van der Waals surface area contributed by atoms with Crippen LogP contribution in [0, 0.1) is 0 Å². The largest absolute Gasteiger partial charge is 0.487 e. The van der Waals surface area contributed by atoms with Gasteiger partial charge in [-0.1, -0.05) is 18.2 Å². The molecule has 148 valence electrons. The summed E-state index contributed by atoms with van der Waals surface area (Å²) >= 11 is 0. The van der Waals surface area contributed by atoms with Gasteiger partial charge in [-0.2, -0.15) is 5.10 Å². The van der Waals surface area contributed by atoms with Gasteiger partial charge in [0.1, 0.15) is 30.5 Å². The third kappa shape index (κ3) is 3.72. The van der Waals surface area contributed by atoms with E-state index in [0.29, 0.717) is 32.4 Å². The molecule has 0 saturated carbocycles. The number of carbonyl (C=O) groups excluding carboxylic acids is 2. The quantitative estimate of drug-likeness (QED) is 0.868. The molecule has 0 aliphatic carbocycles. The van der Waals surface area contributed by atoms with Gasteiger partial charge in [-0.3, -0.25) is 9.59 Å². The molecule has 1 N–H and O–H groups in total. The summed E-state index contributed by atoms with van der Waals surface area (Å²) in [4.78, 5) is 30.7. The second-order valence-electron chi connectivity index (χ2n) is 7.46. The monoisotopic (exact) mass is 383 g/mol. The zero-order valence-corrected chi connectivity index (χ0v) is 16.0. The first-order valence-electron chi connectivity index (χ1n) is 9.76. The third-order valence-corrected chi connectivity index (χ3v) is 5.67. The van der Waals surface area contributed by atoms with E-state index in [2.05, 4.69) is 15.4 Å². The van der Waals surface area contributed by atoms with Crippen LogP contribution in [0.5, 0.6) is 5.75 Å². The summed E-state index contributed by atoms with van der Waals surface area (Å²) in [5.74, 6) is 0.841. The van der Waals surface area contributed by atoms with Crippen LogP contribution in [0.1, 0.15) is 44.2 Å². The molecule has 2 aliphatic rings. The van der Waals surface area contributed by atoms with E-state index in [1.807, 2.05) is 36.1 Å². The van der Waals surface area contributed by atoms with Crippen molar-refractivity contribution in [3.8, 4) is 5.75 Å². The normalized spacial score (nSPS) is 24.4. The van der Waals surface area contributed by atoms with E-state index in [0.717, 1.165) is 17.7 Å². The number of carbonyl (C=O) groups is 2. The lowest BCUT2D eigenvalue weighted by Crippen LogP contribution is -2.46. The highest BCUT2D eigenvalue weighted by Gasteiger charge is 2.43. The Morgan fingerprint density at radius 3 is 3.00 bits per heavy atom. The fraction of sp³-hybridized carbons (Fsp3) is 0.500. The second kappa shape index (κ2) is 7.61. The number of nitrogens with zero attached hydrogens (tertiary/aromatic N) is 4. The average Bonchev–Trinajstić information content (AvgIpc) is 3.14. The lowest BCUT2D eigenvalue weighted by atomic mass is 9.82. The highest BCUT2D eigenvalue weighted by atomic mass is 16.5. The molecule has 1 saturated heterocycles. The first-order chi connectivity index (χ1) is 13.6. The minimum absolute atomic E-state index is 0.120. The van der Waals surface area contributed by atoms with Gasteiger partial charge in [0, 0.05) is 37.9 Å². The lowest BCUT2D eigenvalue weighted by Gasteiger charge is -2.42. The molecule has 0 unspecified atom stereocenters. The van der Waals surface area contributed by atoms with Gasteiger partial charge in [0.05, 0.1) is 6.04 Å². The van der Waals surface area contributed by atoms with E-state index in [4.69, 9.17) is 4.74 Å². The summed E-state index contributed by atoms with van der Waals surface area (Å²) in [6.07, 6.45) is 5.47. The molecule has 1 spiro atoms. The summed E-state index contributed by atoms with van der Waals surface area (Å²) in [6, 6.07) is 7.66. The molecule has 1 fully saturated rings. The molecule has 2 aromatic rings. The van der Waals surface area contributed by atoms with Gasteiger partial charge in [-0.25, -0.2) is 9.67 Å². The van der Waals surface area contributed by atoms with Crippen LogP contribution in [0.3, 0.4) is 0 Å². The van der Waals surface area contributed by atoms with E-state index < -0.39 is 5.60 Å². The second-order valence-corrected chi connectivity index (χ2v) is 7.46. The third-order valence-electron chi connectivity index (χ3n) is 5.67. The van der Waals surface area contributed by atoms with E-state index in [1.54, 1.807) is 0 Å². The van der Waals surface area contributed by atoms with Crippen molar-refractivity contribution in [3.63, 3.8) is 0 Å². The van der Waals surface area contributed by atoms with Crippen molar-refractivity contribution in [3.05, 3.63) is 42.5 Å². The molecule has 4 rings (SSSR count). The number of fused-ring (bicyclic) bond motifs is 1. The van der Waals surface area contributed by atoms with Crippen molar-refractivity contribution < 1.29 is 14.3 Å². The first-order valence-corrected chi connectivity index (χ1v) is 9.76. The molecular formula is C20H25N5O3. The zero-order chi connectivity index (χ0) is 19.6. The fourth-order valence-electron chi connectivity index (χ4n) is 4.17. The molecule has 1 aromatic heterocycles. The number of rotatable bonds is 4. The molecule has 28 heavy (non-hydrogen) atoms. The maximum atomic E-state index is 12.6. The van der Waals surface area contributed by atoms with Gasteiger partial charge in [0.2, 0.25) is 11.8 Å². The van der Waals surface area contributed by atoms with Crippen LogP contribution >= 0.6 is 0 Å². The number of hydrogen-bond acceptors (Lipinski definition) is 5. The first kappa shape index (κ1) is 18.5. The molecular weight excluding hydrogens is 358 g/mol. The predicted molar refractivity (Wildman–Crippen MR) is 101 cm³/mol. The topological polar surface area (TPSA) is 89.4 Å². The molecule has 0 radical (unpaired) electrons. The fourth-order valence-corrected chi connectivity index (χ4v) is 4.17. The molecule has 3 heterocycles. The van der Waals surface area contributed by atoms with Crippen LogP contribution in [-0.2, 0) is 16.1 Å². The Hall–Kier alpha value is -2.90. The SMILES string of the molecule is CCN1CC[C@]2(CCC1=O)C[C@H](NC(=O)Cn1cncn1)c1ccccc1O2. The summed E-state index contributed by atoms with van der Waals surface area (Å²) in [6.45, 7) is 3.51. The molecule has 2 amide bonds. The van der Waals surface area contributed by atoms with Crippen molar-refractivity contribution >= 4 is 11.8 Å². The van der Waals surface area contributed by atoms with Gasteiger partial charge in [-0.15, -0.1) is 0 Å². The van der Waals surface area contributed by atoms with E-state index in [9.17, 15) is 9.59 Å². The summed E-state index contributed by atoms with van der Waals surface area (Å²) < 4.78 is 7.94. The standard InChI is InChI=1S/C20H25N5O3/c1-2-24-10-9-20(8-7-19(24)27)11-16(15-5-3-4-6-17(15)28-20)23-18(26)12-25-14-21-13-22-25/h3-6,13-14,16H,2,7-12H2,1H3,(H,23,26)/t16-,20+/m0/s1. The van der Waals surface area contributed by atoms with Gasteiger partial charge < -0.3 is 15.0 Å². The highest BCUT2D eigenvalue weighted by Crippen LogP contribution is 2.44. The number of para-hydroxylation sites is 1. The van der Waals surface area contributed by atoms with Gasteiger partial charge >= 0.3 is 0 Å². The Morgan fingerprint density at radius 2 is 2.21 bits per heavy atom. The molecule has 2 aliphatic heterocycles. The minimum Gasteiger partial charge on any atom is -0.487 e. The van der Waals surface area contributed by atoms with Crippen molar-refractivity contribution in [1.29, 1.82) is 0 Å².